The summed E-state index contributed by atoms with van der Waals surface area (Å²) in [6.07, 6.45) is 0.656. The number of aliphatic hydroxyl groups is 1. The molecule has 0 aromatic heterocycles. The second-order valence-corrected chi connectivity index (χ2v) is 4.31. The number of rotatable bonds is 6. The number of hydrogen-bond acceptors (Lipinski definition) is 3. The Hall–Kier alpha value is -2.13. The lowest BCUT2D eigenvalue weighted by Crippen LogP contribution is -2.13. The topological polar surface area (TPSA) is 49.3 Å². The molecule has 0 fully saturated rings. The van der Waals surface area contributed by atoms with Crippen LogP contribution in [0.4, 0.5) is 5.69 Å². The highest BCUT2D eigenvalue weighted by atomic mass is 16.2. The molecule has 0 aliphatic heterocycles. The lowest BCUT2D eigenvalue weighted by molar-refractivity contribution is 0.101. The minimum Gasteiger partial charge on any atom is -0.396 e. The number of anilines is 1. The second kappa shape index (κ2) is 6.71. The molecule has 0 radical (unpaired) electrons. The third-order valence-electron chi connectivity index (χ3n) is 2.90. The van der Waals surface area contributed by atoms with Gasteiger partial charge in [0.05, 0.1) is 6.54 Å². The molecule has 0 amide bonds. The van der Waals surface area contributed by atoms with Crippen molar-refractivity contribution in [3.63, 3.8) is 0 Å². The van der Waals surface area contributed by atoms with E-state index < -0.39 is 0 Å². The van der Waals surface area contributed by atoms with Crippen molar-refractivity contribution in [2.45, 2.75) is 6.42 Å². The molecular weight excluding hydrogens is 238 g/mol. The molecule has 0 aliphatic rings. The fourth-order valence-corrected chi connectivity index (χ4v) is 1.83. The van der Waals surface area contributed by atoms with Crippen LogP contribution in [0.1, 0.15) is 15.9 Å². The Morgan fingerprint density at radius 1 is 1.00 bits per heavy atom. The molecule has 19 heavy (non-hydrogen) atoms. The number of carbonyl (C=O) groups is 1. The van der Waals surface area contributed by atoms with Crippen LogP contribution in [0.5, 0.6) is 0 Å². The first-order valence-corrected chi connectivity index (χ1v) is 6.31. The maximum absolute atomic E-state index is 11.9. The van der Waals surface area contributed by atoms with Gasteiger partial charge in [0, 0.05) is 17.9 Å². The Labute approximate surface area is 112 Å². The zero-order chi connectivity index (χ0) is 13.5. The highest BCUT2D eigenvalue weighted by Gasteiger charge is 2.04. The van der Waals surface area contributed by atoms with Gasteiger partial charge in [0.25, 0.3) is 0 Å². The van der Waals surface area contributed by atoms with Gasteiger partial charge in [0.1, 0.15) is 0 Å². The van der Waals surface area contributed by atoms with Gasteiger partial charge >= 0.3 is 0 Å². The summed E-state index contributed by atoms with van der Waals surface area (Å²) in [7, 11) is 0. The molecule has 0 saturated carbocycles. The first-order valence-electron chi connectivity index (χ1n) is 6.31. The van der Waals surface area contributed by atoms with E-state index in [4.69, 9.17) is 5.11 Å². The van der Waals surface area contributed by atoms with Gasteiger partial charge in [-0.25, -0.2) is 0 Å². The summed E-state index contributed by atoms with van der Waals surface area (Å²) in [6.45, 7) is 0.433. The van der Waals surface area contributed by atoms with E-state index in [0.717, 1.165) is 11.3 Å². The average molecular weight is 255 g/mol. The van der Waals surface area contributed by atoms with Crippen LogP contribution in [0.15, 0.2) is 54.6 Å². The van der Waals surface area contributed by atoms with E-state index in [9.17, 15) is 4.79 Å². The van der Waals surface area contributed by atoms with Crippen LogP contribution < -0.4 is 5.32 Å². The molecule has 98 valence electrons. The third kappa shape index (κ3) is 3.93. The van der Waals surface area contributed by atoms with Crippen molar-refractivity contribution in [1.29, 1.82) is 0 Å². The summed E-state index contributed by atoms with van der Waals surface area (Å²) in [5.41, 5.74) is 2.71. The third-order valence-corrected chi connectivity index (χ3v) is 2.90. The average Bonchev–Trinajstić information content (AvgIpc) is 2.47. The normalized spacial score (nSPS) is 10.2. The Morgan fingerprint density at radius 3 is 2.32 bits per heavy atom. The largest absolute Gasteiger partial charge is 0.396 e. The minimum atomic E-state index is 0.0695. The molecule has 0 atom stereocenters. The molecule has 0 spiro atoms. The number of benzene rings is 2. The smallest absolute Gasteiger partial charge is 0.181 e. The number of ketones is 1. The van der Waals surface area contributed by atoms with Crippen LogP contribution >= 0.6 is 0 Å². The fraction of sp³-hybridized carbons (Fsp3) is 0.188. The molecular formula is C16H17NO2. The maximum atomic E-state index is 11.9. The minimum absolute atomic E-state index is 0.0695. The summed E-state index contributed by atoms with van der Waals surface area (Å²) in [5, 5.41) is 11.9. The van der Waals surface area contributed by atoms with E-state index in [0.29, 0.717) is 12.0 Å². The SMILES string of the molecule is O=C(CNc1ccc(CCO)cc1)c1ccccc1. The second-order valence-electron chi connectivity index (χ2n) is 4.31. The zero-order valence-corrected chi connectivity index (χ0v) is 10.7. The van der Waals surface area contributed by atoms with Crippen LogP contribution in [0.3, 0.4) is 0 Å². The van der Waals surface area contributed by atoms with Crippen LogP contribution in [-0.2, 0) is 6.42 Å². The summed E-state index contributed by atoms with van der Waals surface area (Å²) in [5.74, 6) is 0.0695. The van der Waals surface area contributed by atoms with E-state index in [1.54, 1.807) is 0 Å². The lowest BCUT2D eigenvalue weighted by Gasteiger charge is -2.06. The van der Waals surface area contributed by atoms with Gasteiger partial charge in [-0.15, -0.1) is 0 Å². The number of Topliss-reactive ketones (excluding diaryl/α,β-unsaturated/α-hetero) is 1. The van der Waals surface area contributed by atoms with Gasteiger partial charge in [0.2, 0.25) is 0 Å². The molecule has 2 aromatic rings. The predicted molar refractivity (Wildman–Crippen MR) is 76.5 cm³/mol. The molecule has 0 heterocycles. The first kappa shape index (κ1) is 13.3. The van der Waals surface area contributed by atoms with Gasteiger partial charge in [0.15, 0.2) is 5.78 Å². The quantitative estimate of drug-likeness (QED) is 0.780. The summed E-state index contributed by atoms with van der Waals surface area (Å²) < 4.78 is 0. The highest BCUT2D eigenvalue weighted by molar-refractivity contribution is 5.98. The van der Waals surface area contributed by atoms with Crippen LogP contribution in [0, 0.1) is 0 Å². The van der Waals surface area contributed by atoms with Crippen LogP contribution in [0.2, 0.25) is 0 Å². The van der Waals surface area contributed by atoms with E-state index >= 15 is 0 Å². The monoisotopic (exact) mass is 255 g/mol. The number of nitrogens with one attached hydrogen (secondary N) is 1. The number of carbonyl (C=O) groups excluding carboxylic acids is 1. The van der Waals surface area contributed by atoms with E-state index in [-0.39, 0.29) is 18.9 Å². The predicted octanol–water partition coefficient (Wildman–Crippen LogP) is 2.52. The van der Waals surface area contributed by atoms with Gasteiger partial charge in [-0.2, -0.15) is 0 Å². The molecule has 3 nitrogen and oxygen atoms in total. The van der Waals surface area contributed by atoms with Crippen LogP contribution in [0.25, 0.3) is 0 Å². The van der Waals surface area contributed by atoms with Crippen molar-refractivity contribution in [2.24, 2.45) is 0 Å². The Morgan fingerprint density at radius 2 is 1.68 bits per heavy atom. The Kier molecular flexibility index (Phi) is 4.70. The van der Waals surface area contributed by atoms with Gasteiger partial charge in [-0.05, 0) is 24.1 Å². The molecule has 0 aliphatic carbocycles. The molecule has 2 aromatic carbocycles. The number of aliphatic hydroxyl groups excluding tert-OH is 1. The molecule has 3 heteroatoms. The summed E-state index contributed by atoms with van der Waals surface area (Å²) >= 11 is 0. The zero-order valence-electron chi connectivity index (χ0n) is 10.7. The van der Waals surface area contributed by atoms with Crippen molar-refractivity contribution < 1.29 is 9.90 Å². The fourth-order valence-electron chi connectivity index (χ4n) is 1.83. The summed E-state index contributed by atoms with van der Waals surface area (Å²) in [4.78, 5) is 11.9. The lowest BCUT2D eigenvalue weighted by atomic mass is 10.1. The maximum Gasteiger partial charge on any atom is 0.181 e. The van der Waals surface area contributed by atoms with Gasteiger partial charge in [-0.1, -0.05) is 42.5 Å². The van der Waals surface area contributed by atoms with Crippen molar-refractivity contribution in [3.8, 4) is 0 Å². The molecule has 0 bridgehead atoms. The molecule has 2 rings (SSSR count). The summed E-state index contributed by atoms with van der Waals surface area (Å²) in [6, 6.07) is 17.0. The van der Waals surface area contributed by atoms with Crippen LogP contribution in [-0.4, -0.2) is 24.0 Å². The highest BCUT2D eigenvalue weighted by Crippen LogP contribution is 2.10. The van der Waals surface area contributed by atoms with Gasteiger partial charge in [-0.3, -0.25) is 4.79 Å². The van der Waals surface area contributed by atoms with Crippen molar-refractivity contribution in [2.75, 3.05) is 18.5 Å². The van der Waals surface area contributed by atoms with Crippen molar-refractivity contribution in [1.82, 2.24) is 0 Å². The molecule has 0 unspecified atom stereocenters. The first-order chi connectivity index (χ1) is 9.29. The Bertz CT molecular complexity index is 520. The molecule has 0 saturated heterocycles. The van der Waals surface area contributed by atoms with E-state index in [1.165, 1.54) is 0 Å². The van der Waals surface area contributed by atoms with E-state index in [1.807, 2.05) is 54.6 Å². The number of hydrogen-bond donors (Lipinski definition) is 2. The Balaban J connectivity index is 1.90. The van der Waals surface area contributed by atoms with E-state index in [2.05, 4.69) is 5.32 Å². The van der Waals surface area contributed by atoms with Crippen molar-refractivity contribution >= 4 is 11.5 Å². The van der Waals surface area contributed by atoms with Crippen molar-refractivity contribution in [3.05, 3.63) is 65.7 Å². The van der Waals surface area contributed by atoms with Gasteiger partial charge < -0.3 is 10.4 Å². The molecule has 2 N–H and O–H groups in total. The standard InChI is InChI=1S/C16H17NO2/c18-11-10-13-6-8-15(9-7-13)17-12-16(19)14-4-2-1-3-5-14/h1-9,17-18H,10-12H2.